The fourth-order valence-corrected chi connectivity index (χ4v) is 5.82. The van der Waals surface area contributed by atoms with Gasteiger partial charge in [0.1, 0.15) is 16.8 Å². The van der Waals surface area contributed by atoms with Crippen LogP contribution in [0.1, 0.15) is 26.7 Å². The van der Waals surface area contributed by atoms with Crippen LogP contribution in [0, 0.1) is 5.82 Å². The summed E-state index contributed by atoms with van der Waals surface area (Å²) in [4.78, 5) is 42.7. The molecule has 0 aromatic heterocycles. The number of rotatable bonds is 11. The Kier molecular flexibility index (Phi) is 11.3. The fraction of sp³-hybridized carbons (Fsp3) is 0.0789. The standard InChI is InChI=1S/C38H32ClFN4O3S/c1-44(2)30-18-13-25(14-19-30)23-34(43-36(45)27-11-7-4-8-12-27)37(46)41-28-15-20-31(21-16-28)48-35(26-9-5-3-6-10-26)38(47)42-29-17-22-33(40)32(39)24-29/h3-24,35H,1-2H3,(H,41,46)(H,42,47)(H,43,45)/b34-23-. The predicted octanol–water partition coefficient (Wildman–Crippen LogP) is 8.43. The molecule has 1 unspecified atom stereocenters. The highest BCUT2D eigenvalue weighted by molar-refractivity contribution is 8.00. The smallest absolute Gasteiger partial charge is 0.272 e. The van der Waals surface area contributed by atoms with Gasteiger partial charge in [-0.1, -0.05) is 72.3 Å². The molecule has 1 atom stereocenters. The number of nitrogens with zero attached hydrogens (tertiary/aromatic N) is 1. The highest BCUT2D eigenvalue weighted by Crippen LogP contribution is 2.37. The van der Waals surface area contributed by atoms with E-state index in [0.717, 1.165) is 21.7 Å². The molecule has 0 aliphatic carbocycles. The number of benzene rings is 5. The molecule has 0 aliphatic rings. The largest absolute Gasteiger partial charge is 0.378 e. The van der Waals surface area contributed by atoms with Crippen LogP contribution in [0.3, 0.4) is 0 Å². The van der Waals surface area contributed by atoms with Crippen molar-refractivity contribution in [2.24, 2.45) is 0 Å². The molecular formula is C38H32ClFN4O3S. The zero-order chi connectivity index (χ0) is 34.0. The molecule has 0 saturated heterocycles. The second-order valence-corrected chi connectivity index (χ2v) is 12.5. The van der Waals surface area contributed by atoms with E-state index in [1.165, 1.54) is 30.0 Å². The van der Waals surface area contributed by atoms with Gasteiger partial charge in [-0.3, -0.25) is 14.4 Å². The lowest BCUT2D eigenvalue weighted by Gasteiger charge is -2.18. The van der Waals surface area contributed by atoms with Gasteiger partial charge in [-0.15, -0.1) is 11.8 Å². The van der Waals surface area contributed by atoms with Gasteiger partial charge in [0, 0.05) is 41.6 Å². The highest BCUT2D eigenvalue weighted by atomic mass is 35.5. The molecule has 0 bridgehead atoms. The Bertz CT molecular complexity index is 1920. The van der Waals surface area contributed by atoms with Crippen molar-refractivity contribution in [1.29, 1.82) is 0 Å². The van der Waals surface area contributed by atoms with Crippen molar-refractivity contribution in [3.8, 4) is 0 Å². The topological polar surface area (TPSA) is 90.5 Å². The van der Waals surface area contributed by atoms with Gasteiger partial charge in [0.25, 0.3) is 11.8 Å². The molecule has 3 amide bonds. The van der Waals surface area contributed by atoms with Crippen molar-refractivity contribution in [2.75, 3.05) is 29.6 Å². The van der Waals surface area contributed by atoms with Crippen molar-refractivity contribution in [3.63, 3.8) is 0 Å². The summed E-state index contributed by atoms with van der Waals surface area (Å²) in [5, 5.41) is 7.71. The number of anilines is 3. The zero-order valence-corrected chi connectivity index (χ0v) is 27.7. The Hall–Kier alpha value is -5.38. The van der Waals surface area contributed by atoms with E-state index in [1.54, 1.807) is 54.6 Å². The number of hydrogen-bond acceptors (Lipinski definition) is 5. The summed E-state index contributed by atoms with van der Waals surface area (Å²) in [6.45, 7) is 0. The van der Waals surface area contributed by atoms with Crippen LogP contribution in [0.2, 0.25) is 5.02 Å². The summed E-state index contributed by atoms with van der Waals surface area (Å²) in [6.07, 6.45) is 1.62. The summed E-state index contributed by atoms with van der Waals surface area (Å²) < 4.78 is 13.7. The molecule has 3 N–H and O–H groups in total. The first kappa shape index (κ1) is 34.0. The van der Waals surface area contributed by atoms with E-state index >= 15 is 0 Å². The molecule has 7 nitrogen and oxygen atoms in total. The third-order valence-corrected chi connectivity index (χ3v) is 8.70. The molecule has 48 heavy (non-hydrogen) atoms. The van der Waals surface area contributed by atoms with E-state index in [9.17, 15) is 18.8 Å². The minimum absolute atomic E-state index is 0.0709. The molecule has 10 heteroatoms. The van der Waals surface area contributed by atoms with Crippen molar-refractivity contribution < 1.29 is 18.8 Å². The third kappa shape index (κ3) is 9.12. The minimum atomic E-state index is -0.642. The Morgan fingerprint density at radius 3 is 2.02 bits per heavy atom. The zero-order valence-electron chi connectivity index (χ0n) is 26.1. The van der Waals surface area contributed by atoms with Crippen LogP contribution in [-0.2, 0) is 9.59 Å². The number of thioether (sulfide) groups is 1. The summed E-state index contributed by atoms with van der Waals surface area (Å²) in [6, 6.07) is 36.6. The normalized spacial score (nSPS) is 11.7. The molecule has 5 aromatic rings. The first-order valence-corrected chi connectivity index (χ1v) is 16.2. The van der Waals surface area contributed by atoms with E-state index < -0.39 is 22.9 Å². The van der Waals surface area contributed by atoms with Gasteiger partial charge in [0.15, 0.2) is 0 Å². The van der Waals surface area contributed by atoms with Gasteiger partial charge >= 0.3 is 0 Å². The second kappa shape index (κ2) is 15.9. The molecule has 0 spiro atoms. The van der Waals surface area contributed by atoms with Gasteiger partial charge in [-0.2, -0.15) is 0 Å². The van der Waals surface area contributed by atoms with Gasteiger partial charge in [-0.25, -0.2) is 4.39 Å². The molecule has 0 fully saturated rings. The monoisotopic (exact) mass is 678 g/mol. The molecule has 242 valence electrons. The van der Waals surface area contributed by atoms with E-state index in [1.807, 2.05) is 79.7 Å². The summed E-state index contributed by atoms with van der Waals surface area (Å²) >= 11 is 7.23. The molecule has 5 aromatic carbocycles. The Labute approximate surface area is 287 Å². The molecule has 0 radical (unpaired) electrons. The lowest BCUT2D eigenvalue weighted by atomic mass is 10.1. The number of carbonyl (C=O) groups excluding carboxylic acids is 3. The van der Waals surface area contributed by atoms with Crippen molar-refractivity contribution in [2.45, 2.75) is 10.1 Å². The molecule has 5 rings (SSSR count). The summed E-state index contributed by atoms with van der Waals surface area (Å²) in [7, 11) is 3.88. The maximum atomic E-state index is 13.7. The summed E-state index contributed by atoms with van der Waals surface area (Å²) in [5.41, 5.74) is 3.86. The molecule has 0 aliphatic heterocycles. The van der Waals surface area contributed by atoms with Crippen molar-refractivity contribution >= 4 is 64.2 Å². The fourth-order valence-electron chi connectivity index (χ4n) is 4.61. The average Bonchev–Trinajstić information content (AvgIpc) is 3.10. The van der Waals surface area contributed by atoms with E-state index in [0.29, 0.717) is 16.9 Å². The Balaban J connectivity index is 1.33. The van der Waals surface area contributed by atoms with Crippen molar-refractivity contribution in [1.82, 2.24) is 5.32 Å². The minimum Gasteiger partial charge on any atom is -0.378 e. The van der Waals surface area contributed by atoms with Crippen LogP contribution in [0.15, 0.2) is 138 Å². The highest BCUT2D eigenvalue weighted by Gasteiger charge is 2.23. The Morgan fingerprint density at radius 1 is 0.771 bits per heavy atom. The maximum absolute atomic E-state index is 13.7. The van der Waals surface area contributed by atoms with Crippen LogP contribution in [-0.4, -0.2) is 31.8 Å². The van der Waals surface area contributed by atoms with Crippen LogP contribution in [0.5, 0.6) is 0 Å². The van der Waals surface area contributed by atoms with Gasteiger partial charge in [-0.05, 0) is 83.9 Å². The number of hydrogen-bond donors (Lipinski definition) is 3. The van der Waals surface area contributed by atoms with Crippen LogP contribution in [0.25, 0.3) is 6.08 Å². The lowest BCUT2D eigenvalue weighted by Crippen LogP contribution is -2.30. The number of halogens is 2. The third-order valence-electron chi connectivity index (χ3n) is 7.14. The average molecular weight is 679 g/mol. The van der Waals surface area contributed by atoms with E-state index in [4.69, 9.17) is 11.6 Å². The second-order valence-electron chi connectivity index (χ2n) is 10.9. The molecular weight excluding hydrogens is 647 g/mol. The van der Waals surface area contributed by atoms with E-state index in [2.05, 4.69) is 16.0 Å². The van der Waals surface area contributed by atoms with Gasteiger partial charge < -0.3 is 20.9 Å². The number of nitrogens with one attached hydrogen (secondary N) is 3. The van der Waals surface area contributed by atoms with Gasteiger partial charge in [0.05, 0.1) is 5.02 Å². The van der Waals surface area contributed by atoms with Gasteiger partial charge in [0.2, 0.25) is 5.91 Å². The maximum Gasteiger partial charge on any atom is 0.272 e. The predicted molar refractivity (Wildman–Crippen MR) is 193 cm³/mol. The summed E-state index contributed by atoms with van der Waals surface area (Å²) in [5.74, 6) is -1.80. The van der Waals surface area contributed by atoms with Crippen LogP contribution < -0.4 is 20.9 Å². The first-order chi connectivity index (χ1) is 23.2. The first-order valence-electron chi connectivity index (χ1n) is 14.9. The van der Waals surface area contributed by atoms with Crippen molar-refractivity contribution in [3.05, 3.63) is 161 Å². The van der Waals surface area contributed by atoms with E-state index in [-0.39, 0.29) is 16.6 Å². The number of carbonyl (C=O) groups is 3. The Morgan fingerprint density at radius 2 is 1.40 bits per heavy atom. The quantitative estimate of drug-likeness (QED) is 0.0964. The lowest BCUT2D eigenvalue weighted by molar-refractivity contribution is -0.116. The van der Waals surface area contributed by atoms with Crippen LogP contribution in [0.4, 0.5) is 21.5 Å². The molecule has 0 saturated carbocycles. The number of amides is 3. The SMILES string of the molecule is CN(C)c1ccc(/C=C(\NC(=O)c2ccccc2)C(=O)Nc2ccc(SC(C(=O)Nc3ccc(F)c(Cl)c3)c3ccccc3)cc2)cc1. The van der Waals surface area contributed by atoms with Crippen LogP contribution >= 0.6 is 23.4 Å². The molecule has 0 heterocycles.